The molecule has 0 radical (unpaired) electrons. The summed E-state index contributed by atoms with van der Waals surface area (Å²) in [5.41, 5.74) is 3.14. The first kappa shape index (κ1) is 19.4. The Morgan fingerprint density at radius 3 is 2.07 bits per heavy atom. The van der Waals surface area contributed by atoms with Gasteiger partial charge in [0.05, 0.1) is 0 Å². The average molecular weight is 396 g/mol. The van der Waals surface area contributed by atoms with Crippen LogP contribution in [0, 0.1) is 29.1 Å². The normalized spacial score (nSPS) is 10.8. The summed E-state index contributed by atoms with van der Waals surface area (Å²) in [6.45, 7) is 0. The van der Waals surface area contributed by atoms with Crippen molar-refractivity contribution in [3.05, 3.63) is 77.3 Å². The van der Waals surface area contributed by atoms with Crippen molar-refractivity contribution in [3.63, 3.8) is 0 Å². The van der Waals surface area contributed by atoms with Gasteiger partial charge in [0.1, 0.15) is 17.2 Å². The van der Waals surface area contributed by atoms with Gasteiger partial charge in [0.15, 0.2) is 23.3 Å². The first-order valence-electron chi connectivity index (χ1n) is 8.09. The van der Waals surface area contributed by atoms with Gasteiger partial charge in [0.25, 0.3) is 0 Å². The van der Waals surface area contributed by atoms with Gasteiger partial charge in [-0.25, -0.2) is 22.0 Å². The Labute approximate surface area is 155 Å². The van der Waals surface area contributed by atoms with Crippen molar-refractivity contribution in [1.82, 2.24) is 5.43 Å². The first-order chi connectivity index (χ1) is 13.4. The summed E-state index contributed by atoms with van der Waals surface area (Å²) in [5.74, 6) is -10.3. The van der Waals surface area contributed by atoms with E-state index in [2.05, 4.69) is 0 Å². The molecule has 0 spiro atoms. The summed E-state index contributed by atoms with van der Waals surface area (Å²) >= 11 is 0. The Balaban J connectivity index is 1.58. The number of hydrazine groups is 1. The SMILES string of the molecule is O=C(CCc1ccc(-c2ccccc2)o1)NNc1c(F)c(F)c(F)c(F)c1F. The zero-order valence-electron chi connectivity index (χ0n) is 14.2. The van der Waals surface area contributed by atoms with E-state index in [1.165, 1.54) is 0 Å². The highest BCUT2D eigenvalue weighted by Gasteiger charge is 2.26. The topological polar surface area (TPSA) is 54.3 Å². The molecule has 1 amide bonds. The zero-order chi connectivity index (χ0) is 20.3. The fraction of sp³-hybridized carbons (Fsp3) is 0.105. The Bertz CT molecular complexity index is 976. The summed E-state index contributed by atoms with van der Waals surface area (Å²) in [6.07, 6.45) is 0.0155. The zero-order valence-corrected chi connectivity index (χ0v) is 14.2. The van der Waals surface area contributed by atoms with Crippen LogP contribution < -0.4 is 10.9 Å². The van der Waals surface area contributed by atoms with Gasteiger partial charge in [0, 0.05) is 18.4 Å². The summed E-state index contributed by atoms with van der Waals surface area (Å²) in [5, 5.41) is 0. The number of hydrogen-bond donors (Lipinski definition) is 2. The molecule has 9 heteroatoms. The summed E-state index contributed by atoms with van der Waals surface area (Å²) in [7, 11) is 0. The first-order valence-corrected chi connectivity index (χ1v) is 8.09. The molecule has 2 aromatic carbocycles. The van der Waals surface area contributed by atoms with E-state index in [4.69, 9.17) is 4.42 Å². The van der Waals surface area contributed by atoms with E-state index < -0.39 is 40.7 Å². The molecular formula is C19H13F5N2O2. The number of carbonyl (C=O) groups excluding carboxylic acids is 1. The van der Waals surface area contributed by atoms with Gasteiger partial charge < -0.3 is 4.42 Å². The van der Waals surface area contributed by atoms with E-state index in [1.807, 2.05) is 35.8 Å². The fourth-order valence-corrected chi connectivity index (χ4v) is 2.42. The van der Waals surface area contributed by atoms with Gasteiger partial charge in [-0.3, -0.25) is 15.6 Å². The number of carbonyl (C=O) groups is 1. The lowest BCUT2D eigenvalue weighted by atomic mass is 10.2. The van der Waals surface area contributed by atoms with Crippen LogP contribution in [0.4, 0.5) is 27.6 Å². The number of benzene rings is 2. The molecule has 0 fully saturated rings. The van der Waals surface area contributed by atoms with Crippen molar-refractivity contribution in [2.75, 3.05) is 5.43 Å². The van der Waals surface area contributed by atoms with Crippen LogP contribution in [0.1, 0.15) is 12.2 Å². The number of amides is 1. The highest BCUT2D eigenvalue weighted by molar-refractivity contribution is 5.77. The van der Waals surface area contributed by atoms with Crippen molar-refractivity contribution in [2.24, 2.45) is 0 Å². The maximum absolute atomic E-state index is 13.5. The van der Waals surface area contributed by atoms with Crippen LogP contribution in [0.2, 0.25) is 0 Å². The highest BCUT2D eigenvalue weighted by Crippen LogP contribution is 2.26. The molecule has 1 heterocycles. The van der Waals surface area contributed by atoms with Crippen LogP contribution in [-0.2, 0) is 11.2 Å². The molecule has 0 saturated heterocycles. The van der Waals surface area contributed by atoms with Gasteiger partial charge in [-0.05, 0) is 12.1 Å². The minimum atomic E-state index is -2.28. The molecule has 0 saturated carbocycles. The summed E-state index contributed by atoms with van der Waals surface area (Å²) < 4.78 is 71.8. The van der Waals surface area contributed by atoms with E-state index in [0.717, 1.165) is 5.56 Å². The number of furan rings is 1. The molecule has 3 aromatic rings. The van der Waals surface area contributed by atoms with E-state index in [9.17, 15) is 26.7 Å². The fourth-order valence-electron chi connectivity index (χ4n) is 2.42. The van der Waals surface area contributed by atoms with Crippen LogP contribution in [0.3, 0.4) is 0 Å². The summed E-state index contributed by atoms with van der Waals surface area (Å²) in [4.78, 5) is 11.8. The second-order valence-electron chi connectivity index (χ2n) is 5.75. The van der Waals surface area contributed by atoms with Crippen molar-refractivity contribution < 1.29 is 31.2 Å². The number of hydrogen-bond acceptors (Lipinski definition) is 3. The molecule has 0 unspecified atom stereocenters. The van der Waals surface area contributed by atoms with Crippen molar-refractivity contribution in [3.8, 4) is 11.3 Å². The minimum absolute atomic E-state index is 0.149. The molecule has 2 N–H and O–H groups in total. The lowest BCUT2D eigenvalue weighted by Crippen LogP contribution is -2.31. The molecule has 3 rings (SSSR count). The Morgan fingerprint density at radius 2 is 1.43 bits per heavy atom. The molecule has 4 nitrogen and oxygen atoms in total. The molecular weight excluding hydrogens is 383 g/mol. The molecule has 1 aromatic heterocycles. The van der Waals surface area contributed by atoms with Crippen LogP contribution in [0.15, 0.2) is 46.9 Å². The van der Waals surface area contributed by atoms with Gasteiger partial charge in [0.2, 0.25) is 11.7 Å². The molecule has 0 atom stereocenters. The predicted molar refractivity (Wildman–Crippen MR) is 90.5 cm³/mol. The molecule has 28 heavy (non-hydrogen) atoms. The van der Waals surface area contributed by atoms with Crippen molar-refractivity contribution >= 4 is 11.6 Å². The Hall–Kier alpha value is -3.36. The maximum atomic E-state index is 13.5. The number of rotatable bonds is 6. The molecule has 0 bridgehead atoms. The third kappa shape index (κ3) is 3.98. The van der Waals surface area contributed by atoms with Gasteiger partial charge in [-0.1, -0.05) is 30.3 Å². The highest BCUT2D eigenvalue weighted by atomic mass is 19.2. The summed E-state index contributed by atoms with van der Waals surface area (Å²) in [6, 6.07) is 12.6. The number of anilines is 1. The van der Waals surface area contributed by atoms with Crippen LogP contribution in [-0.4, -0.2) is 5.91 Å². The molecule has 0 aliphatic carbocycles. The standard InChI is InChI=1S/C19H13F5N2O2/c20-14-15(21)17(23)19(18(24)16(14)22)26-25-13(27)9-7-11-6-8-12(28-11)10-4-2-1-3-5-10/h1-6,8,26H,7,9H2,(H,25,27). The number of aryl methyl sites for hydroxylation is 1. The lowest BCUT2D eigenvalue weighted by molar-refractivity contribution is -0.120. The molecule has 0 aliphatic rings. The lowest BCUT2D eigenvalue weighted by Gasteiger charge is -2.11. The monoisotopic (exact) mass is 396 g/mol. The number of nitrogens with one attached hydrogen (secondary N) is 2. The van der Waals surface area contributed by atoms with Crippen LogP contribution in [0.5, 0.6) is 0 Å². The second-order valence-corrected chi connectivity index (χ2v) is 5.75. The maximum Gasteiger partial charge on any atom is 0.238 e. The van der Waals surface area contributed by atoms with E-state index in [0.29, 0.717) is 11.5 Å². The van der Waals surface area contributed by atoms with Gasteiger partial charge >= 0.3 is 0 Å². The third-order valence-corrected chi connectivity index (χ3v) is 3.86. The number of halogens is 5. The Morgan fingerprint density at radius 1 is 0.821 bits per heavy atom. The van der Waals surface area contributed by atoms with E-state index >= 15 is 0 Å². The molecule has 0 aliphatic heterocycles. The largest absolute Gasteiger partial charge is 0.461 e. The van der Waals surface area contributed by atoms with Crippen LogP contribution in [0.25, 0.3) is 11.3 Å². The Kier molecular flexibility index (Phi) is 5.62. The predicted octanol–water partition coefficient (Wildman–Crippen LogP) is 4.72. The molecule has 146 valence electrons. The van der Waals surface area contributed by atoms with Crippen molar-refractivity contribution in [1.29, 1.82) is 0 Å². The minimum Gasteiger partial charge on any atom is -0.461 e. The average Bonchev–Trinajstić information content (AvgIpc) is 3.19. The second kappa shape index (κ2) is 8.12. The van der Waals surface area contributed by atoms with Gasteiger partial charge in [-0.15, -0.1) is 0 Å². The quantitative estimate of drug-likeness (QED) is 0.274. The van der Waals surface area contributed by atoms with Crippen molar-refractivity contribution in [2.45, 2.75) is 12.8 Å². The van der Waals surface area contributed by atoms with Crippen LogP contribution >= 0.6 is 0 Å². The van der Waals surface area contributed by atoms with Gasteiger partial charge in [-0.2, -0.15) is 0 Å². The van der Waals surface area contributed by atoms with E-state index in [1.54, 1.807) is 17.6 Å². The third-order valence-electron chi connectivity index (χ3n) is 3.86. The van der Waals surface area contributed by atoms with E-state index in [-0.39, 0.29) is 12.8 Å². The smallest absolute Gasteiger partial charge is 0.238 e.